The number of ether oxygens (including phenoxy) is 1. The van der Waals surface area contributed by atoms with Gasteiger partial charge in [-0.2, -0.15) is 0 Å². The molecule has 3 nitrogen and oxygen atoms in total. The van der Waals surface area contributed by atoms with Crippen molar-refractivity contribution in [3.63, 3.8) is 0 Å². The predicted octanol–water partition coefficient (Wildman–Crippen LogP) is 4.17. The molecule has 0 bridgehead atoms. The van der Waals surface area contributed by atoms with Gasteiger partial charge in [-0.15, -0.1) is 0 Å². The van der Waals surface area contributed by atoms with Crippen LogP contribution in [0.2, 0.25) is 0 Å². The molecule has 21 heavy (non-hydrogen) atoms. The first-order chi connectivity index (χ1) is 10.1. The second-order valence-electron chi connectivity index (χ2n) is 5.39. The molecule has 2 aromatic rings. The van der Waals surface area contributed by atoms with Crippen LogP contribution in [0, 0.1) is 5.92 Å². The fourth-order valence-corrected chi connectivity index (χ4v) is 2.37. The lowest BCUT2D eigenvalue weighted by Gasteiger charge is -2.13. The summed E-state index contributed by atoms with van der Waals surface area (Å²) >= 11 is 3.52. The molecule has 0 fully saturated rings. The Morgan fingerprint density at radius 1 is 1.24 bits per heavy atom. The van der Waals surface area contributed by atoms with Crippen LogP contribution in [0.25, 0.3) is 0 Å². The molecule has 1 N–H and O–H groups in total. The smallest absolute Gasteiger partial charge is 0.130 e. The van der Waals surface area contributed by atoms with Crippen molar-refractivity contribution < 1.29 is 4.74 Å². The molecular weight excluding hydrogens is 328 g/mol. The summed E-state index contributed by atoms with van der Waals surface area (Å²) in [4.78, 5) is 4.28. The molecule has 4 heteroatoms. The zero-order valence-electron chi connectivity index (χ0n) is 12.5. The van der Waals surface area contributed by atoms with Gasteiger partial charge < -0.3 is 10.1 Å². The first-order valence-corrected chi connectivity index (χ1v) is 7.96. The van der Waals surface area contributed by atoms with Gasteiger partial charge in [0.1, 0.15) is 12.4 Å². The Bertz CT molecular complexity index is 558. The maximum atomic E-state index is 5.91. The lowest BCUT2D eigenvalue weighted by molar-refractivity contribution is 0.297. The van der Waals surface area contributed by atoms with Gasteiger partial charge in [-0.25, -0.2) is 0 Å². The van der Waals surface area contributed by atoms with Crippen LogP contribution in [-0.4, -0.2) is 11.5 Å². The van der Waals surface area contributed by atoms with Crippen molar-refractivity contribution in [3.05, 3.63) is 58.3 Å². The molecule has 0 saturated carbocycles. The van der Waals surface area contributed by atoms with Crippen LogP contribution >= 0.6 is 15.9 Å². The van der Waals surface area contributed by atoms with E-state index in [2.05, 4.69) is 46.1 Å². The van der Waals surface area contributed by atoms with Gasteiger partial charge in [0.15, 0.2) is 0 Å². The molecule has 0 unspecified atom stereocenters. The topological polar surface area (TPSA) is 34.1 Å². The largest absolute Gasteiger partial charge is 0.487 e. The van der Waals surface area contributed by atoms with Gasteiger partial charge in [0.2, 0.25) is 0 Å². The first-order valence-electron chi connectivity index (χ1n) is 7.17. The van der Waals surface area contributed by atoms with E-state index in [1.807, 2.05) is 30.3 Å². The van der Waals surface area contributed by atoms with Crippen molar-refractivity contribution >= 4 is 15.9 Å². The Labute approximate surface area is 134 Å². The van der Waals surface area contributed by atoms with E-state index >= 15 is 0 Å². The summed E-state index contributed by atoms with van der Waals surface area (Å²) in [6.07, 6.45) is 1.78. The van der Waals surface area contributed by atoms with E-state index in [1.54, 1.807) is 6.20 Å². The standard InChI is InChI=1S/C17H21BrN2O/c1-13(2)10-19-11-14-9-15(18)6-7-17(14)21-12-16-5-3-4-8-20-16/h3-9,13,19H,10-12H2,1-2H3. The minimum Gasteiger partial charge on any atom is -0.487 e. The maximum absolute atomic E-state index is 5.91. The number of halogens is 1. The molecular formula is C17H21BrN2O. The molecule has 1 aromatic heterocycles. The zero-order chi connectivity index (χ0) is 15.1. The SMILES string of the molecule is CC(C)CNCc1cc(Br)ccc1OCc1ccccn1. The van der Waals surface area contributed by atoms with E-state index in [0.29, 0.717) is 12.5 Å². The van der Waals surface area contributed by atoms with E-state index in [4.69, 9.17) is 4.74 Å². The lowest BCUT2D eigenvalue weighted by Crippen LogP contribution is -2.19. The monoisotopic (exact) mass is 348 g/mol. The number of rotatable bonds is 7. The molecule has 0 aliphatic rings. The molecule has 0 aliphatic carbocycles. The Balaban J connectivity index is 2.00. The fraction of sp³-hybridized carbons (Fsp3) is 0.353. The van der Waals surface area contributed by atoms with E-state index in [1.165, 1.54) is 0 Å². The van der Waals surface area contributed by atoms with Crippen LogP contribution in [0.15, 0.2) is 47.1 Å². The molecule has 0 radical (unpaired) electrons. The fourth-order valence-electron chi connectivity index (χ4n) is 1.96. The highest BCUT2D eigenvalue weighted by molar-refractivity contribution is 9.10. The van der Waals surface area contributed by atoms with Gasteiger partial charge in [0.25, 0.3) is 0 Å². The highest BCUT2D eigenvalue weighted by atomic mass is 79.9. The summed E-state index contributed by atoms with van der Waals surface area (Å²) in [6.45, 7) is 6.68. The number of hydrogen-bond acceptors (Lipinski definition) is 3. The molecule has 0 spiro atoms. The summed E-state index contributed by atoms with van der Waals surface area (Å²) in [5.41, 5.74) is 2.09. The van der Waals surface area contributed by atoms with Crippen molar-refractivity contribution in [3.8, 4) is 5.75 Å². The number of aromatic nitrogens is 1. The van der Waals surface area contributed by atoms with Crippen molar-refractivity contribution in [1.29, 1.82) is 0 Å². The summed E-state index contributed by atoms with van der Waals surface area (Å²) in [7, 11) is 0. The van der Waals surface area contributed by atoms with Gasteiger partial charge in [-0.05, 0) is 42.8 Å². The highest BCUT2D eigenvalue weighted by Crippen LogP contribution is 2.24. The quantitative estimate of drug-likeness (QED) is 0.815. The minimum absolute atomic E-state index is 0.486. The van der Waals surface area contributed by atoms with Crippen LogP contribution in [0.5, 0.6) is 5.75 Å². The van der Waals surface area contributed by atoms with Crippen molar-refractivity contribution in [2.24, 2.45) is 5.92 Å². The molecule has 0 atom stereocenters. The van der Waals surface area contributed by atoms with Crippen LogP contribution < -0.4 is 10.1 Å². The van der Waals surface area contributed by atoms with E-state index in [-0.39, 0.29) is 0 Å². The third-order valence-corrected chi connectivity index (χ3v) is 3.49. The number of pyridine rings is 1. The summed E-state index contributed by atoms with van der Waals surface area (Å²) in [5.74, 6) is 1.54. The van der Waals surface area contributed by atoms with E-state index < -0.39 is 0 Å². The Kier molecular flexibility index (Phi) is 6.21. The molecule has 0 amide bonds. The average molecular weight is 349 g/mol. The summed E-state index contributed by atoms with van der Waals surface area (Å²) in [6, 6.07) is 11.9. The number of nitrogens with one attached hydrogen (secondary N) is 1. The maximum Gasteiger partial charge on any atom is 0.130 e. The molecule has 0 aliphatic heterocycles. The second kappa shape index (κ2) is 8.15. The zero-order valence-corrected chi connectivity index (χ0v) is 14.1. The summed E-state index contributed by atoms with van der Waals surface area (Å²) < 4.78 is 6.98. The minimum atomic E-state index is 0.486. The number of nitrogens with zero attached hydrogens (tertiary/aromatic N) is 1. The van der Waals surface area contributed by atoms with E-state index in [9.17, 15) is 0 Å². The number of hydrogen-bond donors (Lipinski definition) is 1. The summed E-state index contributed by atoms with van der Waals surface area (Å²) in [5, 5.41) is 3.45. The number of benzene rings is 1. The average Bonchev–Trinajstić information content (AvgIpc) is 2.47. The van der Waals surface area contributed by atoms with Crippen molar-refractivity contribution in [2.75, 3.05) is 6.54 Å². The van der Waals surface area contributed by atoms with Gasteiger partial charge in [-0.1, -0.05) is 35.8 Å². The Morgan fingerprint density at radius 2 is 2.10 bits per heavy atom. The molecule has 1 aromatic carbocycles. The normalized spacial score (nSPS) is 10.9. The second-order valence-corrected chi connectivity index (χ2v) is 6.30. The Morgan fingerprint density at radius 3 is 2.81 bits per heavy atom. The van der Waals surface area contributed by atoms with Crippen LogP contribution in [-0.2, 0) is 13.2 Å². The van der Waals surface area contributed by atoms with Gasteiger partial charge in [0.05, 0.1) is 5.69 Å². The van der Waals surface area contributed by atoms with Crippen molar-refractivity contribution in [2.45, 2.75) is 27.0 Å². The van der Waals surface area contributed by atoms with Crippen LogP contribution in [0.3, 0.4) is 0 Å². The van der Waals surface area contributed by atoms with Gasteiger partial charge in [-0.3, -0.25) is 4.98 Å². The first kappa shape index (κ1) is 16.0. The van der Waals surface area contributed by atoms with Gasteiger partial charge >= 0.3 is 0 Å². The lowest BCUT2D eigenvalue weighted by atomic mass is 10.2. The highest BCUT2D eigenvalue weighted by Gasteiger charge is 2.06. The van der Waals surface area contributed by atoms with Crippen LogP contribution in [0.4, 0.5) is 0 Å². The van der Waals surface area contributed by atoms with Gasteiger partial charge in [0, 0.05) is 22.8 Å². The molecule has 2 rings (SSSR count). The third-order valence-electron chi connectivity index (χ3n) is 2.99. The van der Waals surface area contributed by atoms with E-state index in [0.717, 1.165) is 34.6 Å². The molecule has 112 valence electrons. The molecule has 0 saturated heterocycles. The van der Waals surface area contributed by atoms with Crippen LogP contribution in [0.1, 0.15) is 25.1 Å². The predicted molar refractivity (Wildman–Crippen MR) is 89.3 cm³/mol. The van der Waals surface area contributed by atoms with Crippen molar-refractivity contribution in [1.82, 2.24) is 10.3 Å². The third kappa shape index (κ3) is 5.48. The Hall–Kier alpha value is -1.39. The molecule has 1 heterocycles.